The summed E-state index contributed by atoms with van der Waals surface area (Å²) in [6.45, 7) is -1.30. The second-order valence-electron chi connectivity index (χ2n) is 2.48. The molecule has 0 unspecified atom stereocenters. The summed E-state index contributed by atoms with van der Waals surface area (Å²) in [4.78, 5) is 0. The summed E-state index contributed by atoms with van der Waals surface area (Å²) in [6, 6.07) is 5.86. The molecule has 0 spiro atoms. The van der Waals surface area contributed by atoms with Gasteiger partial charge in [0.1, 0.15) is 5.75 Å². The molecule has 0 atom stereocenters. The Morgan fingerprint density at radius 1 is 1.29 bits per heavy atom. The number of alkyl halides is 3. The first-order valence-electron chi connectivity index (χ1n) is 3.52. The van der Waals surface area contributed by atoms with Crippen LogP contribution in [0.5, 0.6) is 5.75 Å². The molecule has 0 aromatic heterocycles. The van der Waals surface area contributed by atoms with E-state index in [1.165, 1.54) is 18.2 Å². The van der Waals surface area contributed by atoms with E-state index in [1.54, 1.807) is 6.07 Å². The van der Waals surface area contributed by atoms with Crippen LogP contribution in [0.15, 0.2) is 24.3 Å². The molecule has 1 aromatic rings. The zero-order valence-corrected chi connectivity index (χ0v) is 7.86. The summed E-state index contributed by atoms with van der Waals surface area (Å²) in [7, 11) is 0. The Hall–Kier alpha value is -1.10. The Bertz CT molecular complexity index is 290. The molecule has 0 bridgehead atoms. The fraction of sp³-hybridized carbons (Fsp3) is 0.250. The van der Waals surface area contributed by atoms with Gasteiger partial charge in [-0.2, -0.15) is 13.2 Å². The van der Waals surface area contributed by atoms with E-state index in [0.29, 0.717) is 5.69 Å². The van der Waals surface area contributed by atoms with E-state index in [-0.39, 0.29) is 18.2 Å². The molecule has 1 rings (SSSR count). The number of hydrogen-bond acceptors (Lipinski definition) is 2. The van der Waals surface area contributed by atoms with Gasteiger partial charge >= 0.3 is 6.18 Å². The quantitative estimate of drug-likeness (QED) is 0.789. The van der Waals surface area contributed by atoms with Crippen molar-refractivity contribution in [2.45, 2.75) is 6.18 Å². The number of ether oxygens (including phenoxy) is 1. The smallest absolute Gasteiger partial charge is 0.422 e. The van der Waals surface area contributed by atoms with Crippen molar-refractivity contribution in [1.82, 2.24) is 0 Å². The number of nitrogens with two attached hydrogens (primary N) is 1. The van der Waals surface area contributed by atoms with Crippen LogP contribution in [0.2, 0.25) is 0 Å². The molecule has 0 aliphatic carbocycles. The molecule has 80 valence electrons. The Labute approximate surface area is 85.3 Å². The Morgan fingerprint density at radius 3 is 2.43 bits per heavy atom. The lowest BCUT2D eigenvalue weighted by molar-refractivity contribution is -0.153. The van der Waals surface area contributed by atoms with Crippen molar-refractivity contribution in [1.29, 1.82) is 0 Å². The van der Waals surface area contributed by atoms with Gasteiger partial charge in [0.05, 0.1) is 0 Å². The minimum absolute atomic E-state index is 0. The van der Waals surface area contributed by atoms with Crippen LogP contribution in [-0.2, 0) is 0 Å². The summed E-state index contributed by atoms with van der Waals surface area (Å²) in [5.41, 5.74) is 5.71. The van der Waals surface area contributed by atoms with Gasteiger partial charge in [0.15, 0.2) is 6.61 Å². The minimum Gasteiger partial charge on any atom is -0.484 e. The van der Waals surface area contributed by atoms with Crippen LogP contribution < -0.4 is 10.5 Å². The zero-order valence-electron chi connectivity index (χ0n) is 7.04. The SMILES string of the molecule is Cl.Nc1cccc(OCC(F)(F)F)c1. The third kappa shape index (κ3) is 4.81. The summed E-state index contributed by atoms with van der Waals surface area (Å²) >= 11 is 0. The molecule has 0 heterocycles. The molecule has 6 heteroatoms. The second-order valence-corrected chi connectivity index (χ2v) is 2.48. The number of hydrogen-bond donors (Lipinski definition) is 1. The van der Waals surface area contributed by atoms with Crippen molar-refractivity contribution in [2.24, 2.45) is 0 Å². The zero-order chi connectivity index (χ0) is 9.90. The molecule has 1 aromatic carbocycles. The largest absolute Gasteiger partial charge is 0.484 e. The first-order chi connectivity index (χ1) is 5.97. The van der Waals surface area contributed by atoms with Crippen molar-refractivity contribution >= 4 is 18.1 Å². The van der Waals surface area contributed by atoms with Gasteiger partial charge in [0, 0.05) is 11.8 Å². The van der Waals surface area contributed by atoms with Crippen molar-refractivity contribution in [3.63, 3.8) is 0 Å². The molecule has 0 aliphatic rings. The fourth-order valence-electron chi connectivity index (χ4n) is 0.769. The van der Waals surface area contributed by atoms with E-state index in [9.17, 15) is 13.2 Å². The van der Waals surface area contributed by atoms with Gasteiger partial charge in [-0.15, -0.1) is 12.4 Å². The topological polar surface area (TPSA) is 35.2 Å². The standard InChI is InChI=1S/C8H8F3NO.ClH/c9-8(10,11)5-13-7-3-1-2-6(12)4-7;/h1-4H,5,12H2;1H. The lowest BCUT2D eigenvalue weighted by Crippen LogP contribution is -2.19. The van der Waals surface area contributed by atoms with Gasteiger partial charge in [0.2, 0.25) is 0 Å². The lowest BCUT2D eigenvalue weighted by Gasteiger charge is -2.08. The van der Waals surface area contributed by atoms with Crippen molar-refractivity contribution in [3.05, 3.63) is 24.3 Å². The summed E-state index contributed by atoms with van der Waals surface area (Å²) in [6.07, 6.45) is -4.31. The molecule has 2 nitrogen and oxygen atoms in total. The third-order valence-corrected chi connectivity index (χ3v) is 1.26. The maximum atomic E-state index is 11.7. The molecule has 0 saturated carbocycles. The predicted molar refractivity (Wildman–Crippen MR) is 49.7 cm³/mol. The molecule has 0 fully saturated rings. The second kappa shape index (κ2) is 4.95. The van der Waals surface area contributed by atoms with Gasteiger partial charge in [0.25, 0.3) is 0 Å². The first-order valence-corrected chi connectivity index (χ1v) is 3.52. The number of benzene rings is 1. The van der Waals surface area contributed by atoms with Crippen LogP contribution in [0, 0.1) is 0 Å². The average Bonchev–Trinajstić information content (AvgIpc) is 2.00. The van der Waals surface area contributed by atoms with Gasteiger partial charge in [-0.05, 0) is 12.1 Å². The van der Waals surface area contributed by atoms with Gasteiger partial charge in [-0.3, -0.25) is 0 Å². The normalized spacial score (nSPS) is 10.5. The highest BCUT2D eigenvalue weighted by atomic mass is 35.5. The highest BCUT2D eigenvalue weighted by Gasteiger charge is 2.28. The minimum atomic E-state index is -4.31. The predicted octanol–water partition coefficient (Wildman–Crippen LogP) is 2.63. The summed E-state index contributed by atoms with van der Waals surface area (Å²) < 4.78 is 39.5. The monoisotopic (exact) mass is 227 g/mol. The molecule has 14 heavy (non-hydrogen) atoms. The Morgan fingerprint density at radius 2 is 1.93 bits per heavy atom. The Balaban J connectivity index is 0.00000169. The van der Waals surface area contributed by atoms with Gasteiger partial charge < -0.3 is 10.5 Å². The van der Waals surface area contributed by atoms with Crippen molar-refractivity contribution in [3.8, 4) is 5.75 Å². The maximum Gasteiger partial charge on any atom is 0.422 e. The first kappa shape index (κ1) is 12.9. The van der Waals surface area contributed by atoms with Crippen LogP contribution in [0.1, 0.15) is 0 Å². The average molecular weight is 228 g/mol. The number of halogens is 4. The maximum absolute atomic E-state index is 11.7. The molecule has 0 saturated heterocycles. The molecule has 0 amide bonds. The van der Waals surface area contributed by atoms with E-state index < -0.39 is 12.8 Å². The van der Waals surface area contributed by atoms with E-state index in [2.05, 4.69) is 4.74 Å². The molecular weight excluding hydrogens is 219 g/mol. The van der Waals surface area contributed by atoms with Crippen LogP contribution in [-0.4, -0.2) is 12.8 Å². The van der Waals surface area contributed by atoms with Crippen molar-refractivity contribution in [2.75, 3.05) is 12.3 Å². The van der Waals surface area contributed by atoms with Crippen molar-refractivity contribution < 1.29 is 17.9 Å². The van der Waals surface area contributed by atoms with E-state index in [0.717, 1.165) is 0 Å². The number of anilines is 1. The molecule has 2 N–H and O–H groups in total. The lowest BCUT2D eigenvalue weighted by atomic mass is 10.3. The van der Waals surface area contributed by atoms with Gasteiger partial charge in [-0.1, -0.05) is 6.07 Å². The summed E-state index contributed by atoms with van der Waals surface area (Å²) in [5, 5.41) is 0. The van der Waals surface area contributed by atoms with Gasteiger partial charge in [-0.25, -0.2) is 0 Å². The highest BCUT2D eigenvalue weighted by molar-refractivity contribution is 5.85. The van der Waals surface area contributed by atoms with Crippen LogP contribution in [0.3, 0.4) is 0 Å². The number of nitrogen functional groups attached to an aromatic ring is 1. The van der Waals surface area contributed by atoms with E-state index in [4.69, 9.17) is 5.73 Å². The molecule has 0 radical (unpaired) electrons. The summed E-state index contributed by atoms with van der Waals surface area (Å²) in [5.74, 6) is 0.123. The molecular formula is C8H9ClF3NO. The third-order valence-electron chi connectivity index (χ3n) is 1.26. The van der Waals surface area contributed by atoms with E-state index in [1.807, 2.05) is 0 Å². The molecule has 0 aliphatic heterocycles. The number of rotatable bonds is 2. The Kier molecular flexibility index (Phi) is 4.56. The van der Waals surface area contributed by atoms with Crippen LogP contribution >= 0.6 is 12.4 Å². The van der Waals surface area contributed by atoms with Crippen LogP contribution in [0.4, 0.5) is 18.9 Å². The van der Waals surface area contributed by atoms with E-state index >= 15 is 0 Å². The van der Waals surface area contributed by atoms with Crippen LogP contribution in [0.25, 0.3) is 0 Å². The fourth-order valence-corrected chi connectivity index (χ4v) is 0.769. The highest BCUT2D eigenvalue weighted by Crippen LogP contribution is 2.19.